The number of nitrogens with zero attached hydrogens (tertiary/aromatic N) is 1. The van der Waals surface area contributed by atoms with Crippen LogP contribution in [-0.4, -0.2) is 5.11 Å². The topological polar surface area (TPSA) is 44.0 Å². The predicted octanol–water partition coefficient (Wildman–Crippen LogP) is 1.58. The molecule has 0 aromatic heterocycles. The van der Waals surface area contributed by atoms with E-state index >= 15 is 0 Å². The summed E-state index contributed by atoms with van der Waals surface area (Å²) < 4.78 is 0. The summed E-state index contributed by atoms with van der Waals surface area (Å²) >= 11 is 0. The minimum Gasteiger partial charge on any atom is -0.508 e. The Balaban J connectivity index is 3.11. The van der Waals surface area contributed by atoms with Crippen LogP contribution in [0.2, 0.25) is 0 Å². The predicted molar refractivity (Wildman–Crippen MR) is 45.3 cm³/mol. The maximum absolute atomic E-state index is 9.14. The summed E-state index contributed by atoms with van der Waals surface area (Å²) in [6.07, 6.45) is 0. The molecule has 0 saturated heterocycles. The molecule has 0 atom stereocenters. The number of nitriles is 1. The number of phenols is 1. The SMILES string of the molecule is Cc1cc(O)cc(C#CC#N)c1. The summed E-state index contributed by atoms with van der Waals surface area (Å²) in [4.78, 5) is 0. The lowest BCUT2D eigenvalue weighted by Crippen LogP contribution is -1.77. The lowest BCUT2D eigenvalue weighted by molar-refractivity contribution is 0.474. The Labute approximate surface area is 71.1 Å². The Morgan fingerprint density at radius 3 is 2.67 bits per heavy atom. The summed E-state index contributed by atoms with van der Waals surface area (Å²) in [5, 5.41) is 17.3. The number of aryl methyl sites for hydroxylation is 1. The maximum atomic E-state index is 9.14. The van der Waals surface area contributed by atoms with Gasteiger partial charge in [0.1, 0.15) is 5.75 Å². The van der Waals surface area contributed by atoms with E-state index in [4.69, 9.17) is 10.4 Å². The molecule has 0 aliphatic heterocycles. The molecule has 0 heterocycles. The van der Waals surface area contributed by atoms with Gasteiger partial charge in [0.05, 0.1) is 0 Å². The molecule has 0 bridgehead atoms. The second kappa shape index (κ2) is 3.46. The van der Waals surface area contributed by atoms with E-state index in [-0.39, 0.29) is 5.75 Å². The molecule has 0 saturated carbocycles. The minimum atomic E-state index is 0.178. The zero-order chi connectivity index (χ0) is 8.97. The van der Waals surface area contributed by atoms with E-state index in [0.29, 0.717) is 5.56 Å². The normalized spacial score (nSPS) is 8.00. The minimum absolute atomic E-state index is 0.178. The highest BCUT2D eigenvalue weighted by Crippen LogP contribution is 2.13. The molecule has 1 aromatic rings. The molecule has 2 nitrogen and oxygen atoms in total. The Kier molecular flexibility index (Phi) is 2.35. The Hall–Kier alpha value is -1.93. The van der Waals surface area contributed by atoms with Crippen LogP contribution < -0.4 is 0 Å². The second-order valence-electron chi connectivity index (χ2n) is 2.42. The zero-order valence-electron chi connectivity index (χ0n) is 6.63. The molecule has 0 aliphatic carbocycles. The van der Waals surface area contributed by atoms with E-state index in [1.165, 1.54) is 6.07 Å². The third kappa shape index (κ3) is 2.04. The molecule has 1 rings (SSSR count). The summed E-state index contributed by atoms with van der Waals surface area (Å²) in [6, 6.07) is 6.68. The molecule has 0 amide bonds. The van der Waals surface area contributed by atoms with Crippen LogP contribution >= 0.6 is 0 Å². The lowest BCUT2D eigenvalue weighted by Gasteiger charge is -1.95. The van der Waals surface area contributed by atoms with Gasteiger partial charge in [-0.25, -0.2) is 0 Å². The van der Waals surface area contributed by atoms with Crippen molar-refractivity contribution >= 4 is 0 Å². The zero-order valence-corrected chi connectivity index (χ0v) is 6.63. The number of hydrogen-bond donors (Lipinski definition) is 1. The van der Waals surface area contributed by atoms with Crippen LogP contribution in [0.25, 0.3) is 0 Å². The van der Waals surface area contributed by atoms with Gasteiger partial charge in [0.2, 0.25) is 0 Å². The van der Waals surface area contributed by atoms with E-state index in [0.717, 1.165) is 5.56 Å². The molecule has 0 aliphatic rings. The molecule has 0 unspecified atom stereocenters. The van der Waals surface area contributed by atoms with Crippen molar-refractivity contribution in [2.45, 2.75) is 6.92 Å². The van der Waals surface area contributed by atoms with Gasteiger partial charge in [-0.3, -0.25) is 0 Å². The molecule has 58 valence electrons. The van der Waals surface area contributed by atoms with Crippen LogP contribution in [0.3, 0.4) is 0 Å². The van der Waals surface area contributed by atoms with Crippen molar-refractivity contribution in [3.05, 3.63) is 29.3 Å². The fourth-order valence-electron chi connectivity index (χ4n) is 0.935. The Morgan fingerprint density at radius 2 is 2.08 bits per heavy atom. The van der Waals surface area contributed by atoms with Crippen LogP contribution in [0.15, 0.2) is 18.2 Å². The van der Waals surface area contributed by atoms with Gasteiger partial charge in [0, 0.05) is 11.5 Å². The van der Waals surface area contributed by atoms with Gasteiger partial charge in [-0.2, -0.15) is 5.26 Å². The molecule has 1 aromatic carbocycles. The van der Waals surface area contributed by atoms with Crippen LogP contribution in [0.1, 0.15) is 11.1 Å². The largest absolute Gasteiger partial charge is 0.508 e. The standard InChI is InChI=1S/C10H7NO/c1-8-5-9(3-2-4-11)7-10(12)6-8/h5-7,12H,1H3. The Bertz CT molecular complexity index is 370. The van der Waals surface area contributed by atoms with Crippen molar-refractivity contribution in [1.29, 1.82) is 5.26 Å². The average molecular weight is 157 g/mol. The number of aromatic hydroxyl groups is 1. The molecular formula is C10H7NO. The maximum Gasteiger partial charge on any atom is 0.152 e. The Morgan fingerprint density at radius 1 is 1.33 bits per heavy atom. The molecule has 1 N–H and O–H groups in total. The summed E-state index contributed by atoms with van der Waals surface area (Å²) in [6.45, 7) is 1.86. The van der Waals surface area contributed by atoms with Crippen molar-refractivity contribution in [3.63, 3.8) is 0 Å². The fourth-order valence-corrected chi connectivity index (χ4v) is 0.935. The van der Waals surface area contributed by atoms with Crippen molar-refractivity contribution in [1.82, 2.24) is 0 Å². The van der Waals surface area contributed by atoms with Gasteiger partial charge >= 0.3 is 0 Å². The van der Waals surface area contributed by atoms with Crippen molar-refractivity contribution in [3.8, 4) is 23.7 Å². The summed E-state index contributed by atoms with van der Waals surface area (Å²) in [5.74, 6) is 5.05. The van der Waals surface area contributed by atoms with Crippen molar-refractivity contribution in [2.24, 2.45) is 0 Å². The summed E-state index contributed by atoms with van der Waals surface area (Å²) in [5.41, 5.74) is 1.59. The quantitative estimate of drug-likeness (QED) is 0.581. The first-order chi connectivity index (χ1) is 5.72. The van der Waals surface area contributed by atoms with E-state index in [9.17, 15) is 0 Å². The van der Waals surface area contributed by atoms with Gasteiger partial charge in [-0.05, 0) is 30.7 Å². The molecule has 12 heavy (non-hydrogen) atoms. The van der Waals surface area contributed by atoms with E-state index < -0.39 is 0 Å². The third-order valence-corrected chi connectivity index (χ3v) is 1.32. The van der Waals surface area contributed by atoms with E-state index in [1.807, 2.05) is 13.0 Å². The van der Waals surface area contributed by atoms with Crippen LogP contribution in [0.5, 0.6) is 5.75 Å². The van der Waals surface area contributed by atoms with Crippen molar-refractivity contribution < 1.29 is 5.11 Å². The first kappa shape index (κ1) is 8.17. The van der Waals surface area contributed by atoms with Crippen LogP contribution in [-0.2, 0) is 0 Å². The third-order valence-electron chi connectivity index (χ3n) is 1.32. The smallest absolute Gasteiger partial charge is 0.152 e. The monoisotopic (exact) mass is 157 g/mol. The molecular weight excluding hydrogens is 150 g/mol. The number of rotatable bonds is 0. The van der Waals surface area contributed by atoms with Crippen molar-refractivity contribution in [2.75, 3.05) is 0 Å². The van der Waals surface area contributed by atoms with Gasteiger partial charge < -0.3 is 5.11 Å². The highest BCUT2D eigenvalue weighted by Gasteiger charge is 1.92. The number of benzene rings is 1. The van der Waals surface area contributed by atoms with Crippen LogP contribution in [0, 0.1) is 30.1 Å². The molecule has 0 radical (unpaired) electrons. The molecule has 0 spiro atoms. The molecule has 2 heteroatoms. The van der Waals surface area contributed by atoms with Gasteiger partial charge in [-0.1, -0.05) is 5.92 Å². The summed E-state index contributed by atoms with van der Waals surface area (Å²) in [7, 11) is 0. The molecule has 0 fully saturated rings. The first-order valence-electron chi connectivity index (χ1n) is 3.43. The highest BCUT2D eigenvalue weighted by molar-refractivity contribution is 5.44. The fraction of sp³-hybridized carbons (Fsp3) is 0.100. The first-order valence-corrected chi connectivity index (χ1v) is 3.43. The average Bonchev–Trinajstić information content (AvgIpc) is 1.99. The van der Waals surface area contributed by atoms with Gasteiger partial charge in [0.25, 0.3) is 0 Å². The van der Waals surface area contributed by atoms with Crippen LogP contribution in [0.4, 0.5) is 0 Å². The number of phenolic OH excluding ortho intramolecular Hbond substituents is 1. The highest BCUT2D eigenvalue weighted by atomic mass is 16.3. The second-order valence-corrected chi connectivity index (χ2v) is 2.42. The van der Waals surface area contributed by atoms with Gasteiger partial charge in [-0.15, -0.1) is 0 Å². The van der Waals surface area contributed by atoms with Gasteiger partial charge in [0.15, 0.2) is 6.07 Å². The number of hydrogen-bond acceptors (Lipinski definition) is 2. The van der Waals surface area contributed by atoms with E-state index in [1.54, 1.807) is 12.1 Å². The lowest BCUT2D eigenvalue weighted by atomic mass is 10.1. The van der Waals surface area contributed by atoms with E-state index in [2.05, 4.69) is 11.8 Å².